The topological polar surface area (TPSA) is 32.3 Å². The van der Waals surface area contributed by atoms with E-state index in [9.17, 15) is 4.79 Å². The summed E-state index contributed by atoms with van der Waals surface area (Å²) in [6.07, 6.45) is 13.1. The molecule has 2 atom stereocenters. The van der Waals surface area contributed by atoms with E-state index < -0.39 is 0 Å². The highest BCUT2D eigenvalue weighted by atomic mass is 16.2. The van der Waals surface area contributed by atoms with Crippen molar-refractivity contribution >= 4 is 5.91 Å². The number of nitrogens with zero attached hydrogens (tertiary/aromatic N) is 1. The van der Waals surface area contributed by atoms with Crippen molar-refractivity contribution in [1.29, 1.82) is 0 Å². The van der Waals surface area contributed by atoms with E-state index in [0.717, 1.165) is 25.3 Å². The fourth-order valence-corrected chi connectivity index (χ4v) is 4.14. The lowest BCUT2D eigenvalue weighted by atomic mass is 9.84. The molecule has 2 aliphatic carbocycles. The van der Waals surface area contributed by atoms with Crippen LogP contribution in [-0.2, 0) is 4.79 Å². The van der Waals surface area contributed by atoms with Crippen LogP contribution in [0.1, 0.15) is 71.1 Å². The maximum absolute atomic E-state index is 12.7. The second kappa shape index (κ2) is 6.46. The SMILES string of the molecule is CCCCC1NC(C2CCCC2)N(CC2CCC2)C1=O. The fraction of sp³-hybridized carbons (Fsp3) is 0.941. The van der Waals surface area contributed by atoms with Crippen molar-refractivity contribution in [3.05, 3.63) is 0 Å². The maximum Gasteiger partial charge on any atom is 0.241 e. The average Bonchev–Trinajstić information content (AvgIpc) is 3.01. The number of amides is 1. The molecule has 3 heteroatoms. The van der Waals surface area contributed by atoms with Gasteiger partial charge in [0.15, 0.2) is 0 Å². The first-order valence-electron chi connectivity index (χ1n) is 8.86. The van der Waals surface area contributed by atoms with E-state index in [2.05, 4.69) is 17.1 Å². The Morgan fingerprint density at radius 1 is 1.15 bits per heavy atom. The number of nitrogens with one attached hydrogen (secondary N) is 1. The second-order valence-electron chi connectivity index (χ2n) is 7.14. The Morgan fingerprint density at radius 3 is 2.50 bits per heavy atom. The van der Waals surface area contributed by atoms with Crippen molar-refractivity contribution in [3.8, 4) is 0 Å². The minimum absolute atomic E-state index is 0.112. The van der Waals surface area contributed by atoms with Gasteiger partial charge in [-0.2, -0.15) is 0 Å². The monoisotopic (exact) mass is 278 g/mol. The molecule has 114 valence electrons. The molecule has 1 amide bonds. The first kappa shape index (κ1) is 14.4. The summed E-state index contributed by atoms with van der Waals surface area (Å²) in [4.78, 5) is 15.0. The molecule has 20 heavy (non-hydrogen) atoms. The third-order valence-electron chi connectivity index (χ3n) is 5.66. The van der Waals surface area contributed by atoms with Crippen molar-refractivity contribution in [2.24, 2.45) is 11.8 Å². The molecule has 0 aromatic heterocycles. The van der Waals surface area contributed by atoms with Crippen LogP contribution in [0.3, 0.4) is 0 Å². The van der Waals surface area contributed by atoms with Gasteiger partial charge in [-0.1, -0.05) is 39.0 Å². The van der Waals surface area contributed by atoms with Gasteiger partial charge >= 0.3 is 0 Å². The Balaban J connectivity index is 1.65. The van der Waals surface area contributed by atoms with Gasteiger partial charge in [-0.3, -0.25) is 10.1 Å². The Hall–Kier alpha value is -0.570. The number of hydrogen-bond donors (Lipinski definition) is 1. The smallest absolute Gasteiger partial charge is 0.241 e. The number of carbonyl (C=O) groups is 1. The van der Waals surface area contributed by atoms with Crippen LogP contribution in [0.2, 0.25) is 0 Å². The van der Waals surface area contributed by atoms with Crippen molar-refractivity contribution in [2.75, 3.05) is 6.54 Å². The van der Waals surface area contributed by atoms with Crippen LogP contribution in [0.25, 0.3) is 0 Å². The molecule has 0 radical (unpaired) electrons. The molecule has 1 saturated heterocycles. The van der Waals surface area contributed by atoms with E-state index in [-0.39, 0.29) is 6.04 Å². The minimum atomic E-state index is 0.112. The lowest BCUT2D eigenvalue weighted by Gasteiger charge is -2.35. The number of hydrogen-bond acceptors (Lipinski definition) is 2. The van der Waals surface area contributed by atoms with E-state index in [0.29, 0.717) is 18.0 Å². The van der Waals surface area contributed by atoms with E-state index in [1.54, 1.807) is 0 Å². The van der Waals surface area contributed by atoms with Crippen molar-refractivity contribution in [1.82, 2.24) is 10.2 Å². The first-order valence-corrected chi connectivity index (χ1v) is 8.86. The summed E-state index contributed by atoms with van der Waals surface area (Å²) in [5, 5.41) is 3.70. The molecule has 3 nitrogen and oxygen atoms in total. The van der Waals surface area contributed by atoms with E-state index in [4.69, 9.17) is 0 Å². The quantitative estimate of drug-likeness (QED) is 0.808. The standard InChI is InChI=1S/C17H30N2O/c1-2-3-11-15-17(20)19(12-13-7-6-8-13)16(18-15)14-9-4-5-10-14/h13-16,18H,2-12H2,1H3. The molecule has 3 fully saturated rings. The third-order valence-corrected chi connectivity index (χ3v) is 5.66. The number of unbranched alkanes of at least 4 members (excludes halogenated alkanes) is 1. The Morgan fingerprint density at radius 2 is 1.90 bits per heavy atom. The molecule has 0 spiro atoms. The van der Waals surface area contributed by atoms with Crippen molar-refractivity contribution < 1.29 is 4.79 Å². The van der Waals surface area contributed by atoms with Crippen LogP contribution in [-0.4, -0.2) is 29.6 Å². The first-order chi connectivity index (χ1) is 9.79. The summed E-state index contributed by atoms with van der Waals surface area (Å²) in [7, 11) is 0. The van der Waals surface area contributed by atoms with Crippen LogP contribution < -0.4 is 5.32 Å². The summed E-state index contributed by atoms with van der Waals surface area (Å²) in [6, 6.07) is 0.112. The summed E-state index contributed by atoms with van der Waals surface area (Å²) >= 11 is 0. The van der Waals surface area contributed by atoms with E-state index >= 15 is 0 Å². The summed E-state index contributed by atoms with van der Waals surface area (Å²) in [5.41, 5.74) is 0. The molecule has 1 aliphatic heterocycles. The third kappa shape index (κ3) is 2.88. The van der Waals surface area contributed by atoms with Crippen LogP contribution in [0.4, 0.5) is 0 Å². The average molecular weight is 278 g/mol. The van der Waals surface area contributed by atoms with Gasteiger partial charge in [-0.15, -0.1) is 0 Å². The highest BCUT2D eigenvalue weighted by Gasteiger charge is 2.43. The van der Waals surface area contributed by atoms with Gasteiger partial charge < -0.3 is 4.90 Å². The van der Waals surface area contributed by atoms with E-state index in [1.165, 1.54) is 51.4 Å². The van der Waals surface area contributed by atoms with Gasteiger partial charge in [0.1, 0.15) is 0 Å². The Bertz CT molecular complexity index is 334. The predicted molar refractivity (Wildman–Crippen MR) is 81.2 cm³/mol. The van der Waals surface area contributed by atoms with Gasteiger partial charge in [0.2, 0.25) is 5.91 Å². The number of rotatable bonds is 6. The van der Waals surface area contributed by atoms with Crippen LogP contribution >= 0.6 is 0 Å². The van der Waals surface area contributed by atoms with E-state index in [1.807, 2.05) is 0 Å². The highest BCUT2D eigenvalue weighted by Crippen LogP contribution is 2.35. The normalized spacial score (nSPS) is 32.0. The molecule has 1 heterocycles. The largest absolute Gasteiger partial charge is 0.325 e. The molecule has 2 unspecified atom stereocenters. The predicted octanol–water partition coefficient (Wildman–Crippen LogP) is 3.29. The Labute approximate surface area is 123 Å². The van der Waals surface area contributed by atoms with Crippen LogP contribution in [0, 0.1) is 11.8 Å². The zero-order valence-electron chi connectivity index (χ0n) is 12.9. The Kier molecular flexibility index (Phi) is 4.65. The van der Waals surface area contributed by atoms with Crippen LogP contribution in [0.15, 0.2) is 0 Å². The summed E-state index contributed by atoms with van der Waals surface area (Å²) < 4.78 is 0. The molecular formula is C17H30N2O. The molecule has 2 saturated carbocycles. The second-order valence-corrected chi connectivity index (χ2v) is 7.14. The van der Waals surface area contributed by atoms with Crippen molar-refractivity contribution in [3.63, 3.8) is 0 Å². The van der Waals surface area contributed by atoms with Gasteiger partial charge in [0, 0.05) is 6.54 Å². The molecule has 1 N–H and O–H groups in total. The van der Waals surface area contributed by atoms with Gasteiger partial charge in [-0.25, -0.2) is 0 Å². The molecular weight excluding hydrogens is 248 g/mol. The molecule has 3 rings (SSSR count). The van der Waals surface area contributed by atoms with Gasteiger partial charge in [0.05, 0.1) is 12.2 Å². The summed E-state index contributed by atoms with van der Waals surface area (Å²) in [5.74, 6) is 1.91. The van der Waals surface area contributed by atoms with Crippen LogP contribution in [0.5, 0.6) is 0 Å². The molecule has 0 aromatic carbocycles. The highest BCUT2D eigenvalue weighted by molar-refractivity contribution is 5.84. The lowest BCUT2D eigenvalue weighted by Crippen LogP contribution is -2.45. The molecule has 0 aromatic rings. The zero-order valence-corrected chi connectivity index (χ0v) is 12.9. The minimum Gasteiger partial charge on any atom is -0.325 e. The maximum atomic E-state index is 12.7. The summed E-state index contributed by atoms with van der Waals surface area (Å²) in [6.45, 7) is 3.23. The molecule has 0 bridgehead atoms. The number of carbonyl (C=O) groups excluding carboxylic acids is 1. The molecule has 3 aliphatic rings. The van der Waals surface area contributed by atoms with Crippen molar-refractivity contribution in [2.45, 2.75) is 83.3 Å². The van der Waals surface area contributed by atoms with Gasteiger partial charge in [-0.05, 0) is 43.9 Å². The fourth-order valence-electron chi connectivity index (χ4n) is 4.14. The zero-order chi connectivity index (χ0) is 13.9. The van der Waals surface area contributed by atoms with Gasteiger partial charge in [0.25, 0.3) is 0 Å². The lowest BCUT2D eigenvalue weighted by molar-refractivity contribution is -0.131.